The van der Waals surface area contributed by atoms with Gasteiger partial charge in [-0.2, -0.15) is 0 Å². The van der Waals surface area contributed by atoms with Gasteiger partial charge in [-0.3, -0.25) is 4.79 Å². The molecule has 0 aliphatic carbocycles. The summed E-state index contributed by atoms with van der Waals surface area (Å²) in [6.07, 6.45) is 1.97. The number of ketones is 1. The van der Waals surface area contributed by atoms with Crippen LogP contribution in [0.5, 0.6) is 0 Å². The summed E-state index contributed by atoms with van der Waals surface area (Å²) in [5.74, 6) is 0.848. The highest BCUT2D eigenvalue weighted by Crippen LogP contribution is 2.41. The van der Waals surface area contributed by atoms with Gasteiger partial charge in [-0.15, -0.1) is 11.8 Å². The average molecular weight is 400 g/mol. The van der Waals surface area contributed by atoms with Crippen LogP contribution in [-0.2, 0) is 0 Å². The number of carbonyl (C=O) groups excluding carboxylic acids is 1. The van der Waals surface area contributed by atoms with Gasteiger partial charge in [0.2, 0.25) is 0 Å². The molecule has 0 amide bonds. The number of anilines is 1. The zero-order chi connectivity index (χ0) is 20.1. The Balaban J connectivity index is 1.53. The molecule has 144 valence electrons. The first-order chi connectivity index (χ1) is 14.2. The quantitative estimate of drug-likeness (QED) is 0.215. The van der Waals surface area contributed by atoms with Crippen LogP contribution in [0.25, 0.3) is 11.1 Å². The Hall–Kier alpha value is -3.24. The second-order valence-corrected chi connectivity index (χ2v) is 7.97. The van der Waals surface area contributed by atoms with Crippen LogP contribution in [0.15, 0.2) is 107 Å². The third-order valence-corrected chi connectivity index (χ3v) is 6.04. The molecule has 1 atom stereocenters. The Bertz CT molecular complexity index is 1070. The molecule has 4 aromatic rings. The number of benzene rings is 3. The number of carbonyl (C=O) groups is 1. The standard InChI is InChI=1S/C25H21NO2S/c26-21-9-4-5-11-24(21)29-25(23-10-6-16-28-23)17-22(27)20-14-12-19(13-15-20)18-7-2-1-3-8-18/h1-16,25H,17,26H2. The third-order valence-electron chi connectivity index (χ3n) is 4.73. The van der Waals surface area contributed by atoms with E-state index in [1.807, 2.05) is 78.9 Å². The smallest absolute Gasteiger partial charge is 0.164 e. The molecule has 2 N–H and O–H groups in total. The molecular weight excluding hydrogens is 378 g/mol. The van der Waals surface area contributed by atoms with Gasteiger partial charge in [0.15, 0.2) is 5.78 Å². The van der Waals surface area contributed by atoms with Crippen molar-refractivity contribution >= 4 is 23.2 Å². The van der Waals surface area contributed by atoms with Crippen molar-refractivity contribution in [3.63, 3.8) is 0 Å². The van der Waals surface area contributed by atoms with E-state index in [4.69, 9.17) is 10.2 Å². The number of thioether (sulfide) groups is 1. The Morgan fingerprint density at radius 1 is 0.828 bits per heavy atom. The van der Waals surface area contributed by atoms with Gasteiger partial charge in [-0.05, 0) is 35.4 Å². The zero-order valence-electron chi connectivity index (χ0n) is 15.8. The Morgan fingerprint density at radius 2 is 1.52 bits per heavy atom. The van der Waals surface area contributed by atoms with Crippen LogP contribution < -0.4 is 5.73 Å². The predicted octanol–water partition coefficient (Wildman–Crippen LogP) is 6.64. The lowest BCUT2D eigenvalue weighted by Gasteiger charge is -2.15. The van der Waals surface area contributed by atoms with Crippen molar-refractivity contribution in [2.75, 3.05) is 5.73 Å². The van der Waals surface area contributed by atoms with Gasteiger partial charge in [-0.1, -0.05) is 66.7 Å². The summed E-state index contributed by atoms with van der Waals surface area (Å²) in [5, 5.41) is -0.143. The largest absolute Gasteiger partial charge is 0.468 e. The van der Waals surface area contributed by atoms with Crippen molar-refractivity contribution in [3.8, 4) is 11.1 Å². The number of rotatable bonds is 7. The third kappa shape index (κ3) is 4.61. The van der Waals surface area contributed by atoms with Crippen molar-refractivity contribution < 1.29 is 9.21 Å². The molecule has 0 spiro atoms. The first kappa shape index (κ1) is 19.1. The van der Waals surface area contributed by atoms with Crippen molar-refractivity contribution in [1.82, 2.24) is 0 Å². The van der Waals surface area contributed by atoms with Crippen LogP contribution in [-0.4, -0.2) is 5.78 Å². The fraction of sp³-hybridized carbons (Fsp3) is 0.0800. The van der Waals surface area contributed by atoms with E-state index >= 15 is 0 Å². The molecule has 1 unspecified atom stereocenters. The van der Waals surface area contributed by atoms with Crippen LogP contribution in [0.4, 0.5) is 5.69 Å². The molecular formula is C25H21NO2S. The van der Waals surface area contributed by atoms with E-state index < -0.39 is 0 Å². The van der Waals surface area contributed by atoms with Crippen LogP contribution in [0.3, 0.4) is 0 Å². The summed E-state index contributed by atoms with van der Waals surface area (Å²) in [5.41, 5.74) is 9.73. The van der Waals surface area contributed by atoms with E-state index in [-0.39, 0.29) is 11.0 Å². The van der Waals surface area contributed by atoms with E-state index in [0.717, 1.165) is 21.8 Å². The van der Waals surface area contributed by atoms with Crippen molar-refractivity contribution in [1.29, 1.82) is 0 Å². The number of nitrogen functional groups attached to an aromatic ring is 1. The Kier molecular flexibility index (Phi) is 5.82. The lowest BCUT2D eigenvalue weighted by atomic mass is 10.0. The summed E-state index contributed by atoms with van der Waals surface area (Å²) in [4.78, 5) is 13.9. The number of hydrogen-bond acceptors (Lipinski definition) is 4. The summed E-state index contributed by atoms with van der Waals surface area (Å²) < 4.78 is 5.61. The highest BCUT2D eigenvalue weighted by Gasteiger charge is 2.22. The normalized spacial score (nSPS) is 11.9. The molecule has 29 heavy (non-hydrogen) atoms. The van der Waals surface area contributed by atoms with Crippen molar-refractivity contribution in [2.24, 2.45) is 0 Å². The lowest BCUT2D eigenvalue weighted by Crippen LogP contribution is -2.05. The van der Waals surface area contributed by atoms with Crippen LogP contribution >= 0.6 is 11.8 Å². The monoisotopic (exact) mass is 399 g/mol. The summed E-state index contributed by atoms with van der Waals surface area (Å²) in [6, 6.07) is 29.3. The SMILES string of the molecule is Nc1ccccc1SC(CC(=O)c1ccc(-c2ccccc2)cc1)c1ccco1. The maximum atomic E-state index is 13.0. The molecule has 0 saturated heterocycles. The number of hydrogen-bond donors (Lipinski definition) is 1. The number of Topliss-reactive ketones (excluding diaryl/α,β-unsaturated/α-hetero) is 1. The van der Waals surface area contributed by atoms with E-state index in [9.17, 15) is 4.79 Å². The number of furan rings is 1. The van der Waals surface area contributed by atoms with Gasteiger partial charge >= 0.3 is 0 Å². The molecule has 0 saturated carbocycles. The Morgan fingerprint density at radius 3 is 2.21 bits per heavy atom. The molecule has 4 rings (SSSR count). The van der Waals surface area contributed by atoms with Gasteiger partial charge in [0.25, 0.3) is 0 Å². The highest BCUT2D eigenvalue weighted by atomic mass is 32.2. The predicted molar refractivity (Wildman–Crippen MR) is 119 cm³/mol. The molecule has 0 fully saturated rings. The molecule has 1 aromatic heterocycles. The summed E-state index contributed by atoms with van der Waals surface area (Å²) in [7, 11) is 0. The number of nitrogens with two attached hydrogens (primary N) is 1. The molecule has 0 bridgehead atoms. The maximum absolute atomic E-state index is 13.0. The van der Waals surface area contributed by atoms with Gasteiger partial charge in [0.1, 0.15) is 5.76 Å². The van der Waals surface area contributed by atoms with Gasteiger partial charge in [-0.25, -0.2) is 0 Å². The first-order valence-corrected chi connectivity index (χ1v) is 10.3. The lowest BCUT2D eigenvalue weighted by molar-refractivity contribution is 0.0980. The maximum Gasteiger partial charge on any atom is 0.164 e. The summed E-state index contributed by atoms with van der Waals surface area (Å²) in [6.45, 7) is 0. The van der Waals surface area contributed by atoms with Crippen LogP contribution in [0, 0.1) is 0 Å². The van der Waals surface area contributed by atoms with Crippen LogP contribution in [0.1, 0.15) is 27.8 Å². The fourth-order valence-electron chi connectivity index (χ4n) is 3.18. The summed E-state index contributed by atoms with van der Waals surface area (Å²) >= 11 is 1.56. The second-order valence-electron chi connectivity index (χ2n) is 6.73. The minimum absolute atomic E-state index is 0.0769. The van der Waals surface area contributed by atoms with Gasteiger partial charge in [0.05, 0.1) is 11.5 Å². The highest BCUT2D eigenvalue weighted by molar-refractivity contribution is 7.99. The second kappa shape index (κ2) is 8.84. The van der Waals surface area contributed by atoms with Gasteiger partial charge < -0.3 is 10.2 Å². The minimum atomic E-state index is -0.143. The molecule has 4 heteroatoms. The van der Waals surface area contributed by atoms with E-state index in [2.05, 4.69) is 12.1 Å². The fourth-order valence-corrected chi connectivity index (χ4v) is 4.33. The van der Waals surface area contributed by atoms with Crippen molar-refractivity contribution in [2.45, 2.75) is 16.6 Å². The minimum Gasteiger partial charge on any atom is -0.468 e. The topological polar surface area (TPSA) is 56.2 Å². The molecule has 0 radical (unpaired) electrons. The van der Waals surface area contributed by atoms with E-state index in [1.165, 1.54) is 0 Å². The van der Waals surface area contributed by atoms with Crippen LogP contribution in [0.2, 0.25) is 0 Å². The Labute approximate surface area is 174 Å². The molecule has 0 aliphatic rings. The van der Waals surface area contributed by atoms with E-state index in [1.54, 1.807) is 18.0 Å². The van der Waals surface area contributed by atoms with E-state index in [0.29, 0.717) is 17.7 Å². The zero-order valence-corrected chi connectivity index (χ0v) is 16.6. The first-order valence-electron chi connectivity index (χ1n) is 9.44. The van der Waals surface area contributed by atoms with Gasteiger partial charge in [0, 0.05) is 22.6 Å². The molecule has 3 aromatic carbocycles. The molecule has 0 aliphatic heterocycles. The molecule has 1 heterocycles. The molecule has 3 nitrogen and oxygen atoms in total. The van der Waals surface area contributed by atoms with Crippen molar-refractivity contribution in [3.05, 3.63) is 109 Å². The average Bonchev–Trinajstić information content (AvgIpc) is 3.30. The number of para-hydroxylation sites is 1.